The number of hydrogen-bond acceptors (Lipinski definition) is 5. The van der Waals surface area contributed by atoms with Crippen molar-refractivity contribution in [1.82, 2.24) is 9.97 Å². The summed E-state index contributed by atoms with van der Waals surface area (Å²) in [7, 11) is 1.57. The van der Waals surface area contributed by atoms with E-state index in [1.165, 1.54) is 6.33 Å². The highest BCUT2D eigenvalue weighted by Crippen LogP contribution is 2.25. The van der Waals surface area contributed by atoms with Gasteiger partial charge in [0.15, 0.2) is 0 Å². The lowest BCUT2D eigenvalue weighted by atomic mass is 10.1. The van der Waals surface area contributed by atoms with Gasteiger partial charge in [0, 0.05) is 11.9 Å². The summed E-state index contributed by atoms with van der Waals surface area (Å²) < 4.78 is 5.24. The minimum absolute atomic E-state index is 0.00635. The summed E-state index contributed by atoms with van der Waals surface area (Å²) in [5.74, 6) is 1.39. The van der Waals surface area contributed by atoms with Gasteiger partial charge in [0.2, 0.25) is 0 Å². The van der Waals surface area contributed by atoms with Crippen molar-refractivity contribution in [2.24, 2.45) is 5.73 Å². The van der Waals surface area contributed by atoms with Crippen LogP contribution in [-0.2, 0) is 5.75 Å². The Bertz CT molecular complexity index is 574. The van der Waals surface area contributed by atoms with E-state index in [0.717, 1.165) is 16.3 Å². The molecule has 0 aliphatic heterocycles. The Morgan fingerprint density at radius 1 is 1.42 bits per heavy atom. The van der Waals surface area contributed by atoms with Gasteiger partial charge in [0.1, 0.15) is 17.9 Å². The summed E-state index contributed by atoms with van der Waals surface area (Å²) in [5.41, 5.74) is 7.18. The molecule has 0 aliphatic rings. The second kappa shape index (κ2) is 6.19. The number of hydrogen-bond donors (Lipinski definition) is 2. The molecule has 0 saturated carbocycles. The standard InChI is InChI=1S/C13H14N4OS/c1-18-11-6-9(2-3-10(11)13(14)15)7-19-12-4-5-16-8-17-12/h2-6,8H,7H2,1H3,(H3,14,15). The van der Waals surface area contributed by atoms with Crippen LogP contribution in [0.25, 0.3) is 0 Å². The smallest absolute Gasteiger partial charge is 0.130 e. The van der Waals surface area contributed by atoms with Crippen LogP contribution in [0.1, 0.15) is 11.1 Å². The molecule has 5 nitrogen and oxygen atoms in total. The van der Waals surface area contributed by atoms with Crippen LogP contribution in [0.2, 0.25) is 0 Å². The van der Waals surface area contributed by atoms with E-state index in [-0.39, 0.29) is 5.84 Å². The Morgan fingerprint density at radius 2 is 2.26 bits per heavy atom. The van der Waals surface area contributed by atoms with E-state index < -0.39 is 0 Å². The molecule has 0 fully saturated rings. The summed E-state index contributed by atoms with van der Waals surface area (Å²) in [6.45, 7) is 0. The van der Waals surface area contributed by atoms with E-state index in [2.05, 4.69) is 9.97 Å². The van der Waals surface area contributed by atoms with Gasteiger partial charge in [-0.05, 0) is 23.8 Å². The molecular formula is C13H14N4OS. The molecule has 1 aromatic heterocycles. The molecule has 98 valence electrons. The van der Waals surface area contributed by atoms with E-state index in [0.29, 0.717) is 11.3 Å². The van der Waals surface area contributed by atoms with Crippen molar-refractivity contribution in [3.05, 3.63) is 47.9 Å². The Hall–Kier alpha value is -2.08. The minimum atomic E-state index is 0.00635. The molecule has 19 heavy (non-hydrogen) atoms. The normalized spacial score (nSPS) is 10.2. The summed E-state index contributed by atoms with van der Waals surface area (Å²) in [5, 5.41) is 8.38. The number of methoxy groups -OCH3 is 1. The van der Waals surface area contributed by atoms with Crippen LogP contribution >= 0.6 is 11.8 Å². The number of aromatic nitrogens is 2. The van der Waals surface area contributed by atoms with Crippen molar-refractivity contribution in [1.29, 1.82) is 5.41 Å². The lowest BCUT2D eigenvalue weighted by Crippen LogP contribution is -2.12. The summed E-state index contributed by atoms with van der Waals surface area (Å²) in [6, 6.07) is 7.50. The molecule has 3 N–H and O–H groups in total. The summed E-state index contributed by atoms with van der Waals surface area (Å²) in [6.07, 6.45) is 3.25. The summed E-state index contributed by atoms with van der Waals surface area (Å²) >= 11 is 1.62. The maximum absolute atomic E-state index is 7.46. The van der Waals surface area contributed by atoms with Gasteiger partial charge in [-0.25, -0.2) is 9.97 Å². The Kier molecular flexibility index (Phi) is 4.35. The molecule has 1 aromatic carbocycles. The van der Waals surface area contributed by atoms with Gasteiger partial charge in [-0.1, -0.05) is 6.07 Å². The highest BCUT2D eigenvalue weighted by molar-refractivity contribution is 7.98. The Morgan fingerprint density at radius 3 is 2.89 bits per heavy atom. The number of nitrogens with zero attached hydrogens (tertiary/aromatic N) is 2. The quantitative estimate of drug-likeness (QED) is 0.377. The van der Waals surface area contributed by atoms with Crippen LogP contribution in [0.5, 0.6) is 5.75 Å². The van der Waals surface area contributed by atoms with Gasteiger partial charge in [0.05, 0.1) is 17.7 Å². The highest BCUT2D eigenvalue weighted by atomic mass is 32.2. The second-order valence-electron chi connectivity index (χ2n) is 3.78. The average Bonchev–Trinajstić information content (AvgIpc) is 2.45. The first-order chi connectivity index (χ1) is 9.20. The molecule has 2 aromatic rings. The van der Waals surface area contributed by atoms with Gasteiger partial charge < -0.3 is 10.5 Å². The van der Waals surface area contributed by atoms with Gasteiger partial charge in [-0.2, -0.15) is 0 Å². The van der Waals surface area contributed by atoms with Crippen LogP contribution in [0.3, 0.4) is 0 Å². The number of thioether (sulfide) groups is 1. The van der Waals surface area contributed by atoms with E-state index in [4.69, 9.17) is 15.9 Å². The van der Waals surface area contributed by atoms with E-state index >= 15 is 0 Å². The molecular weight excluding hydrogens is 260 g/mol. The van der Waals surface area contributed by atoms with Gasteiger partial charge >= 0.3 is 0 Å². The monoisotopic (exact) mass is 274 g/mol. The van der Waals surface area contributed by atoms with Gasteiger partial charge in [-0.3, -0.25) is 5.41 Å². The highest BCUT2D eigenvalue weighted by Gasteiger charge is 2.07. The van der Waals surface area contributed by atoms with Crippen molar-refractivity contribution in [2.45, 2.75) is 10.8 Å². The number of nitrogen functional groups attached to an aromatic ring is 1. The largest absolute Gasteiger partial charge is 0.496 e. The minimum Gasteiger partial charge on any atom is -0.496 e. The molecule has 0 aliphatic carbocycles. The van der Waals surface area contributed by atoms with Crippen molar-refractivity contribution < 1.29 is 4.74 Å². The molecule has 0 spiro atoms. The number of amidine groups is 1. The van der Waals surface area contributed by atoms with Crippen molar-refractivity contribution in [2.75, 3.05) is 7.11 Å². The Balaban J connectivity index is 2.11. The first-order valence-electron chi connectivity index (χ1n) is 5.61. The molecule has 0 atom stereocenters. The number of benzene rings is 1. The fraction of sp³-hybridized carbons (Fsp3) is 0.154. The lowest BCUT2D eigenvalue weighted by molar-refractivity contribution is 0.413. The maximum Gasteiger partial charge on any atom is 0.130 e. The number of rotatable bonds is 5. The molecule has 0 radical (unpaired) electrons. The topological polar surface area (TPSA) is 84.9 Å². The van der Waals surface area contributed by atoms with Crippen molar-refractivity contribution in [3.63, 3.8) is 0 Å². The molecule has 6 heteroatoms. The number of ether oxygens (including phenoxy) is 1. The number of nitrogens with two attached hydrogens (primary N) is 1. The third kappa shape index (κ3) is 3.45. The molecule has 0 amide bonds. The van der Waals surface area contributed by atoms with E-state index in [1.807, 2.05) is 18.2 Å². The van der Waals surface area contributed by atoms with Crippen molar-refractivity contribution in [3.8, 4) is 5.75 Å². The van der Waals surface area contributed by atoms with E-state index in [9.17, 15) is 0 Å². The second-order valence-corrected chi connectivity index (χ2v) is 4.78. The zero-order valence-electron chi connectivity index (χ0n) is 10.5. The fourth-order valence-corrected chi connectivity index (χ4v) is 2.34. The Labute approximate surface area is 115 Å². The summed E-state index contributed by atoms with van der Waals surface area (Å²) in [4.78, 5) is 8.03. The first-order valence-corrected chi connectivity index (χ1v) is 6.59. The predicted molar refractivity (Wildman–Crippen MR) is 75.6 cm³/mol. The third-order valence-electron chi connectivity index (χ3n) is 2.50. The van der Waals surface area contributed by atoms with Crippen LogP contribution < -0.4 is 10.5 Å². The average molecular weight is 274 g/mol. The maximum atomic E-state index is 7.46. The van der Waals surface area contributed by atoms with Crippen LogP contribution in [-0.4, -0.2) is 22.9 Å². The molecule has 0 saturated heterocycles. The van der Waals surface area contributed by atoms with Crippen molar-refractivity contribution >= 4 is 17.6 Å². The fourth-order valence-electron chi connectivity index (χ4n) is 1.57. The SMILES string of the molecule is COc1cc(CSc2ccncn2)ccc1C(=N)N. The van der Waals surface area contributed by atoms with E-state index in [1.54, 1.807) is 31.1 Å². The van der Waals surface area contributed by atoms with Crippen LogP contribution in [0, 0.1) is 5.41 Å². The molecule has 1 heterocycles. The molecule has 0 bridgehead atoms. The zero-order valence-corrected chi connectivity index (χ0v) is 11.3. The first kappa shape index (κ1) is 13.4. The van der Waals surface area contributed by atoms with Crippen LogP contribution in [0.4, 0.5) is 0 Å². The third-order valence-corrected chi connectivity index (χ3v) is 3.51. The van der Waals surface area contributed by atoms with Crippen LogP contribution in [0.15, 0.2) is 41.8 Å². The van der Waals surface area contributed by atoms with Gasteiger partial charge in [-0.15, -0.1) is 11.8 Å². The molecule has 0 unspecified atom stereocenters. The zero-order chi connectivity index (χ0) is 13.7. The lowest BCUT2D eigenvalue weighted by Gasteiger charge is -2.09. The molecule has 2 rings (SSSR count). The van der Waals surface area contributed by atoms with Gasteiger partial charge in [0.25, 0.3) is 0 Å². The predicted octanol–water partition coefficient (Wildman–Crippen LogP) is 2.06. The number of nitrogens with one attached hydrogen (secondary N) is 1.